The number of H-pyrrole nitrogens is 1. The van der Waals surface area contributed by atoms with Crippen LogP contribution < -0.4 is 5.32 Å². The lowest BCUT2D eigenvalue weighted by molar-refractivity contribution is -0.118. The number of nitrogens with one attached hydrogen (secondary N) is 2. The molecule has 2 aromatic rings. The highest BCUT2D eigenvalue weighted by Gasteiger charge is 2.23. The van der Waals surface area contributed by atoms with Crippen LogP contribution in [-0.2, 0) is 4.79 Å². The maximum absolute atomic E-state index is 11.5. The molecule has 0 aliphatic heterocycles. The van der Waals surface area contributed by atoms with E-state index in [1.807, 2.05) is 18.2 Å². The zero-order chi connectivity index (χ0) is 13.1. The van der Waals surface area contributed by atoms with Crippen molar-refractivity contribution in [3.63, 3.8) is 0 Å². The molecule has 0 atom stereocenters. The van der Waals surface area contributed by atoms with E-state index in [0.717, 1.165) is 18.5 Å². The molecule has 2 aromatic heterocycles. The van der Waals surface area contributed by atoms with Crippen LogP contribution in [0.5, 0.6) is 0 Å². The second kappa shape index (κ2) is 5.40. The topological polar surface area (TPSA) is 83.6 Å². The van der Waals surface area contributed by atoms with Gasteiger partial charge in [0.15, 0.2) is 5.82 Å². The van der Waals surface area contributed by atoms with Crippen LogP contribution in [0.1, 0.15) is 12.8 Å². The van der Waals surface area contributed by atoms with E-state index < -0.39 is 0 Å². The van der Waals surface area contributed by atoms with E-state index in [1.54, 1.807) is 6.20 Å². The molecule has 2 N–H and O–H groups in total. The number of nitrogens with zero attached hydrogens (tertiary/aromatic N) is 3. The smallest absolute Gasteiger partial charge is 0.230 e. The number of hydrogen-bond acceptors (Lipinski definition) is 5. The zero-order valence-corrected chi connectivity index (χ0v) is 11.0. The van der Waals surface area contributed by atoms with Crippen molar-refractivity contribution in [2.75, 3.05) is 5.75 Å². The van der Waals surface area contributed by atoms with Crippen LogP contribution in [0.15, 0.2) is 29.6 Å². The average molecular weight is 275 g/mol. The van der Waals surface area contributed by atoms with Crippen LogP contribution in [-0.4, -0.2) is 37.9 Å². The number of aromatic nitrogens is 4. The van der Waals surface area contributed by atoms with Gasteiger partial charge in [0.05, 0.1) is 5.75 Å². The summed E-state index contributed by atoms with van der Waals surface area (Å²) in [6, 6.07) is 5.98. The van der Waals surface area contributed by atoms with Gasteiger partial charge in [-0.25, -0.2) is 0 Å². The van der Waals surface area contributed by atoms with Crippen molar-refractivity contribution in [3.05, 3.63) is 24.4 Å². The molecule has 0 spiro atoms. The van der Waals surface area contributed by atoms with Crippen LogP contribution in [0, 0.1) is 0 Å². The van der Waals surface area contributed by atoms with E-state index in [1.165, 1.54) is 11.8 Å². The Kier molecular flexibility index (Phi) is 3.45. The van der Waals surface area contributed by atoms with Gasteiger partial charge in [0.25, 0.3) is 0 Å². The van der Waals surface area contributed by atoms with Gasteiger partial charge < -0.3 is 5.32 Å². The van der Waals surface area contributed by atoms with Gasteiger partial charge >= 0.3 is 0 Å². The van der Waals surface area contributed by atoms with Crippen LogP contribution in [0.3, 0.4) is 0 Å². The van der Waals surface area contributed by atoms with E-state index in [-0.39, 0.29) is 5.91 Å². The van der Waals surface area contributed by atoms with Gasteiger partial charge in [-0.2, -0.15) is 4.98 Å². The summed E-state index contributed by atoms with van der Waals surface area (Å²) >= 11 is 1.32. The third-order valence-electron chi connectivity index (χ3n) is 2.65. The van der Waals surface area contributed by atoms with E-state index in [4.69, 9.17) is 0 Å². The highest BCUT2D eigenvalue weighted by Crippen LogP contribution is 2.20. The Morgan fingerprint density at radius 3 is 3.11 bits per heavy atom. The summed E-state index contributed by atoms with van der Waals surface area (Å²) in [7, 11) is 0. The van der Waals surface area contributed by atoms with E-state index in [0.29, 0.717) is 22.8 Å². The van der Waals surface area contributed by atoms with Crippen molar-refractivity contribution in [1.29, 1.82) is 0 Å². The monoisotopic (exact) mass is 275 g/mol. The van der Waals surface area contributed by atoms with Crippen molar-refractivity contribution >= 4 is 17.7 Å². The Balaban J connectivity index is 1.57. The molecule has 0 bridgehead atoms. The van der Waals surface area contributed by atoms with Crippen molar-refractivity contribution in [2.45, 2.75) is 24.0 Å². The van der Waals surface area contributed by atoms with Gasteiger partial charge in [0.2, 0.25) is 11.1 Å². The fourth-order valence-corrected chi connectivity index (χ4v) is 2.17. The van der Waals surface area contributed by atoms with Gasteiger partial charge in [-0.1, -0.05) is 17.8 Å². The van der Waals surface area contributed by atoms with Gasteiger partial charge in [0, 0.05) is 12.2 Å². The van der Waals surface area contributed by atoms with Crippen LogP contribution in [0.2, 0.25) is 0 Å². The van der Waals surface area contributed by atoms with Crippen LogP contribution >= 0.6 is 11.8 Å². The minimum atomic E-state index is 0.0386. The lowest BCUT2D eigenvalue weighted by Gasteiger charge is -1.99. The Morgan fingerprint density at radius 2 is 2.37 bits per heavy atom. The number of rotatable bonds is 5. The van der Waals surface area contributed by atoms with Gasteiger partial charge in [-0.15, -0.1) is 5.10 Å². The number of hydrogen-bond donors (Lipinski definition) is 2. The van der Waals surface area contributed by atoms with Crippen molar-refractivity contribution in [1.82, 2.24) is 25.5 Å². The summed E-state index contributed by atoms with van der Waals surface area (Å²) in [5.74, 6) is 0.998. The lowest BCUT2D eigenvalue weighted by atomic mass is 10.3. The second-order valence-electron chi connectivity index (χ2n) is 4.31. The molecular weight excluding hydrogens is 262 g/mol. The molecule has 1 amide bonds. The summed E-state index contributed by atoms with van der Waals surface area (Å²) < 4.78 is 0. The maximum atomic E-state index is 11.5. The Hall–Kier alpha value is -1.89. The Labute approximate surface area is 114 Å². The first-order chi connectivity index (χ1) is 9.31. The van der Waals surface area contributed by atoms with E-state index in [9.17, 15) is 4.79 Å². The number of aromatic amines is 1. The van der Waals surface area contributed by atoms with Gasteiger partial charge in [0.1, 0.15) is 5.69 Å². The number of pyridine rings is 1. The molecule has 1 fully saturated rings. The van der Waals surface area contributed by atoms with Crippen molar-refractivity contribution in [2.24, 2.45) is 0 Å². The van der Waals surface area contributed by atoms with Gasteiger partial charge in [-0.3, -0.25) is 14.9 Å². The lowest BCUT2D eigenvalue weighted by Crippen LogP contribution is -2.27. The summed E-state index contributed by atoms with van der Waals surface area (Å²) in [5.41, 5.74) is 0.740. The zero-order valence-electron chi connectivity index (χ0n) is 10.2. The predicted octanol–water partition coefficient (Wildman–Crippen LogP) is 1.24. The fourth-order valence-electron chi connectivity index (χ4n) is 1.56. The Morgan fingerprint density at radius 1 is 1.47 bits per heavy atom. The number of carbonyl (C=O) groups is 1. The summed E-state index contributed by atoms with van der Waals surface area (Å²) in [4.78, 5) is 20.0. The highest BCUT2D eigenvalue weighted by atomic mass is 32.2. The molecule has 2 heterocycles. The molecule has 0 saturated heterocycles. The molecule has 98 valence electrons. The summed E-state index contributed by atoms with van der Waals surface area (Å²) in [5, 5.41) is 10.4. The van der Waals surface area contributed by atoms with Crippen molar-refractivity contribution < 1.29 is 4.79 Å². The largest absolute Gasteiger partial charge is 0.353 e. The number of amides is 1. The quantitative estimate of drug-likeness (QED) is 0.802. The minimum Gasteiger partial charge on any atom is -0.353 e. The van der Waals surface area contributed by atoms with Crippen LogP contribution in [0.4, 0.5) is 0 Å². The molecule has 0 radical (unpaired) electrons. The van der Waals surface area contributed by atoms with Crippen molar-refractivity contribution in [3.8, 4) is 11.5 Å². The fraction of sp³-hybridized carbons (Fsp3) is 0.333. The van der Waals surface area contributed by atoms with E-state index in [2.05, 4.69) is 25.5 Å². The maximum Gasteiger partial charge on any atom is 0.230 e. The first-order valence-corrected chi connectivity index (χ1v) is 7.06. The SMILES string of the molecule is O=C(CSc1n[nH]c(-c2ccccn2)n1)NC1CC1. The third kappa shape index (κ3) is 3.31. The average Bonchev–Trinajstić information content (AvgIpc) is 3.12. The molecule has 1 aliphatic carbocycles. The normalized spacial score (nSPS) is 14.3. The summed E-state index contributed by atoms with van der Waals surface area (Å²) in [6.45, 7) is 0. The Bertz CT molecular complexity index is 567. The minimum absolute atomic E-state index is 0.0386. The molecule has 0 unspecified atom stereocenters. The molecule has 3 rings (SSSR count). The van der Waals surface area contributed by atoms with Gasteiger partial charge in [-0.05, 0) is 25.0 Å². The van der Waals surface area contributed by atoms with Crippen LogP contribution in [0.25, 0.3) is 11.5 Å². The first-order valence-electron chi connectivity index (χ1n) is 6.07. The molecule has 7 heteroatoms. The number of carbonyl (C=O) groups excluding carboxylic acids is 1. The third-order valence-corrected chi connectivity index (χ3v) is 3.49. The molecule has 6 nitrogen and oxygen atoms in total. The molecule has 1 aliphatic rings. The standard InChI is InChI=1S/C12H13N5OS/c18-10(14-8-4-5-8)7-19-12-15-11(16-17-12)9-3-1-2-6-13-9/h1-3,6,8H,4-5,7H2,(H,14,18)(H,15,16,17). The molecule has 0 aromatic carbocycles. The second-order valence-corrected chi connectivity index (χ2v) is 5.25. The molecule has 19 heavy (non-hydrogen) atoms. The molecule has 1 saturated carbocycles. The summed E-state index contributed by atoms with van der Waals surface area (Å²) in [6.07, 6.45) is 3.90. The highest BCUT2D eigenvalue weighted by molar-refractivity contribution is 7.99. The predicted molar refractivity (Wildman–Crippen MR) is 71.5 cm³/mol. The molecular formula is C12H13N5OS. The first kappa shape index (κ1) is 12.2. The number of thioether (sulfide) groups is 1. The van der Waals surface area contributed by atoms with E-state index >= 15 is 0 Å².